The summed E-state index contributed by atoms with van der Waals surface area (Å²) in [5.74, 6) is 0. The van der Waals surface area contributed by atoms with Gasteiger partial charge in [0.05, 0.1) is 0 Å². The van der Waals surface area contributed by atoms with Crippen LogP contribution in [0.4, 0.5) is 0 Å². The topological polar surface area (TPSA) is 13.1 Å². The van der Waals surface area contributed by atoms with Gasteiger partial charge in [-0.2, -0.15) is 0 Å². The van der Waals surface area contributed by atoms with Crippen LogP contribution >= 0.6 is 11.3 Å². The normalized spacial score (nSPS) is 12.0. The van der Waals surface area contributed by atoms with E-state index < -0.39 is 0 Å². The molecule has 13 rings (SSSR count). The summed E-state index contributed by atoms with van der Waals surface area (Å²) < 4.78 is 9.25. The predicted molar refractivity (Wildman–Crippen MR) is 258 cm³/mol. The zero-order chi connectivity index (χ0) is 39.3. The molecule has 13 aromatic rings. The summed E-state index contributed by atoms with van der Waals surface area (Å²) in [6.45, 7) is 0. The lowest BCUT2D eigenvalue weighted by molar-refractivity contribution is 0.670. The second-order valence-corrected chi connectivity index (χ2v) is 16.9. The van der Waals surface area contributed by atoms with Crippen LogP contribution in [0.3, 0.4) is 0 Å². The summed E-state index contributed by atoms with van der Waals surface area (Å²) in [7, 11) is 0. The van der Waals surface area contributed by atoms with E-state index in [1.807, 2.05) is 17.4 Å². The van der Waals surface area contributed by atoms with Gasteiger partial charge in [0.15, 0.2) is 0 Å². The highest BCUT2D eigenvalue weighted by molar-refractivity contribution is 7.26. The van der Waals surface area contributed by atoms with E-state index in [0.29, 0.717) is 0 Å². The number of hydrogen-bond donors (Lipinski definition) is 0. The molecule has 0 unspecified atom stereocenters. The Bertz CT molecular complexity index is 3770. The highest BCUT2D eigenvalue weighted by Crippen LogP contribution is 2.50. The molecule has 278 valence electrons. The van der Waals surface area contributed by atoms with Gasteiger partial charge in [-0.3, -0.25) is 0 Å². The van der Waals surface area contributed by atoms with E-state index in [-0.39, 0.29) is 0 Å². The van der Waals surface area contributed by atoms with E-state index in [0.717, 1.165) is 27.5 Å². The van der Waals surface area contributed by atoms with Crippen molar-refractivity contribution in [2.45, 2.75) is 0 Å². The van der Waals surface area contributed by atoms with E-state index in [9.17, 15) is 0 Å². The van der Waals surface area contributed by atoms with Crippen molar-refractivity contribution in [1.29, 1.82) is 0 Å². The molecule has 0 saturated carbocycles. The maximum absolute atomic E-state index is 6.65. The Morgan fingerprint density at radius 2 is 0.733 bits per heavy atom. The molecular weight excluding hydrogens is 745 g/mol. The smallest absolute Gasteiger partial charge is 0.143 e. The fraction of sp³-hybridized carbons (Fsp3) is 0. The molecule has 11 aromatic carbocycles. The van der Waals surface area contributed by atoms with Gasteiger partial charge in [0.1, 0.15) is 11.2 Å². The molecule has 0 aliphatic rings. The van der Waals surface area contributed by atoms with E-state index in [1.165, 1.54) is 102 Å². The lowest BCUT2D eigenvalue weighted by atomic mass is 9.85. The van der Waals surface area contributed by atoms with Crippen LogP contribution in [0.15, 0.2) is 211 Å². The summed E-state index contributed by atoms with van der Waals surface area (Å²) in [4.78, 5) is 0. The number of hydrogen-bond acceptors (Lipinski definition) is 2. The minimum absolute atomic E-state index is 0.912. The monoisotopic (exact) mass is 778 g/mol. The van der Waals surface area contributed by atoms with Gasteiger partial charge in [0.2, 0.25) is 0 Å². The molecule has 2 aromatic heterocycles. The van der Waals surface area contributed by atoms with Crippen LogP contribution in [0, 0.1) is 0 Å². The number of furan rings is 1. The fourth-order valence-corrected chi connectivity index (χ4v) is 11.4. The number of para-hydroxylation sites is 2. The van der Waals surface area contributed by atoms with Crippen molar-refractivity contribution >= 4 is 96.5 Å². The van der Waals surface area contributed by atoms with Crippen molar-refractivity contribution in [3.63, 3.8) is 0 Å². The highest BCUT2D eigenvalue weighted by Gasteiger charge is 2.22. The Morgan fingerprint density at radius 1 is 0.283 bits per heavy atom. The zero-order valence-electron chi connectivity index (χ0n) is 32.4. The van der Waals surface area contributed by atoms with Crippen LogP contribution in [-0.4, -0.2) is 0 Å². The first-order valence-electron chi connectivity index (χ1n) is 20.6. The Morgan fingerprint density at radius 3 is 1.33 bits per heavy atom. The molecule has 0 N–H and O–H groups in total. The first kappa shape index (κ1) is 33.5. The molecule has 0 amide bonds. The average Bonchev–Trinajstić information content (AvgIpc) is 3.89. The van der Waals surface area contributed by atoms with Crippen LogP contribution in [0.25, 0.3) is 130 Å². The molecule has 60 heavy (non-hydrogen) atoms. The molecule has 0 atom stereocenters. The zero-order valence-corrected chi connectivity index (χ0v) is 33.3. The summed E-state index contributed by atoms with van der Waals surface area (Å²) in [6.07, 6.45) is 0. The Hall–Kier alpha value is -7.52. The quantitative estimate of drug-likeness (QED) is 0.162. The Labute approximate surface area is 350 Å². The maximum atomic E-state index is 6.65. The molecule has 0 saturated heterocycles. The second kappa shape index (κ2) is 13.0. The molecule has 0 bridgehead atoms. The van der Waals surface area contributed by atoms with Crippen LogP contribution < -0.4 is 0 Å². The van der Waals surface area contributed by atoms with Gasteiger partial charge in [-0.1, -0.05) is 188 Å². The van der Waals surface area contributed by atoms with Crippen LogP contribution in [0.1, 0.15) is 0 Å². The van der Waals surface area contributed by atoms with Crippen molar-refractivity contribution in [3.05, 3.63) is 206 Å². The van der Waals surface area contributed by atoms with E-state index in [2.05, 4.69) is 200 Å². The SMILES string of the molecule is c1ccc(-c2c3ccccc3c(-c3cccc4c3sc3ccc(-c5c6ccccc6c(-c6cccc7c6oc6ccccc67)c6ccccc56)cc34)c3ccccc23)cc1. The van der Waals surface area contributed by atoms with Crippen LogP contribution in [0.5, 0.6) is 0 Å². The third kappa shape index (κ3) is 4.80. The van der Waals surface area contributed by atoms with Gasteiger partial charge >= 0.3 is 0 Å². The summed E-state index contributed by atoms with van der Waals surface area (Å²) in [5, 5.41) is 14.9. The Balaban J connectivity index is 1.06. The largest absolute Gasteiger partial charge is 0.455 e. The van der Waals surface area contributed by atoms with Crippen molar-refractivity contribution in [1.82, 2.24) is 0 Å². The lowest BCUT2D eigenvalue weighted by Gasteiger charge is -2.18. The molecule has 1 nitrogen and oxygen atoms in total. The first-order valence-corrected chi connectivity index (χ1v) is 21.4. The van der Waals surface area contributed by atoms with E-state index >= 15 is 0 Å². The third-order valence-electron chi connectivity index (χ3n) is 12.7. The van der Waals surface area contributed by atoms with Gasteiger partial charge in [-0.05, 0) is 89.1 Å². The van der Waals surface area contributed by atoms with Gasteiger partial charge in [-0.25, -0.2) is 0 Å². The lowest BCUT2D eigenvalue weighted by Crippen LogP contribution is -1.91. The molecule has 0 fully saturated rings. The standard InChI is InChI=1S/C58H34OS/c1-2-16-35(17-3-1)53-38-19-4-10-25-44(38)56(45-26-11-5-20-39(45)53)49-30-15-28-47-50-34-36(32-33-52(50)60-58(47)49)54-40-21-6-8-23-42(40)55(43-24-9-7-22-41(43)54)48-29-14-27-46-37-18-12-13-31-51(37)59-57(46)48/h1-34H. The minimum Gasteiger partial charge on any atom is -0.455 e. The average molecular weight is 779 g/mol. The van der Waals surface area contributed by atoms with Gasteiger partial charge < -0.3 is 4.42 Å². The van der Waals surface area contributed by atoms with Gasteiger partial charge in [0.25, 0.3) is 0 Å². The highest BCUT2D eigenvalue weighted by atomic mass is 32.1. The molecule has 2 heterocycles. The molecule has 2 heteroatoms. The first-order chi connectivity index (χ1) is 29.8. The molecule has 0 aliphatic carbocycles. The van der Waals surface area contributed by atoms with Crippen LogP contribution in [-0.2, 0) is 0 Å². The summed E-state index contributed by atoms with van der Waals surface area (Å²) >= 11 is 1.90. The number of benzene rings is 11. The Kier molecular flexibility index (Phi) is 7.24. The number of fused-ring (bicyclic) bond motifs is 10. The maximum Gasteiger partial charge on any atom is 0.143 e. The van der Waals surface area contributed by atoms with E-state index in [4.69, 9.17) is 4.42 Å². The molecule has 0 aliphatic heterocycles. The fourth-order valence-electron chi connectivity index (χ4n) is 10.2. The molecular formula is C58H34OS. The van der Waals surface area contributed by atoms with Crippen molar-refractivity contribution < 1.29 is 4.42 Å². The predicted octanol–water partition coefficient (Wildman–Crippen LogP) is 17.2. The van der Waals surface area contributed by atoms with Crippen molar-refractivity contribution in [2.24, 2.45) is 0 Å². The summed E-state index contributed by atoms with van der Waals surface area (Å²) in [5.41, 5.74) is 11.7. The number of thiophene rings is 1. The minimum atomic E-state index is 0.912. The molecule has 0 spiro atoms. The van der Waals surface area contributed by atoms with Crippen molar-refractivity contribution in [3.8, 4) is 44.5 Å². The van der Waals surface area contributed by atoms with Gasteiger partial charge in [-0.15, -0.1) is 11.3 Å². The van der Waals surface area contributed by atoms with Gasteiger partial charge in [0, 0.05) is 47.6 Å². The van der Waals surface area contributed by atoms with Crippen molar-refractivity contribution in [2.75, 3.05) is 0 Å². The summed E-state index contributed by atoms with van der Waals surface area (Å²) in [6, 6.07) is 75.6. The molecule has 0 radical (unpaired) electrons. The third-order valence-corrected chi connectivity index (χ3v) is 13.9. The second-order valence-electron chi connectivity index (χ2n) is 15.8. The van der Waals surface area contributed by atoms with E-state index in [1.54, 1.807) is 0 Å². The number of rotatable bonds is 4. The van der Waals surface area contributed by atoms with Crippen LogP contribution in [0.2, 0.25) is 0 Å².